The lowest BCUT2D eigenvalue weighted by atomic mass is 10.0. The first-order chi connectivity index (χ1) is 14.5. The van der Waals surface area contributed by atoms with Crippen molar-refractivity contribution in [1.82, 2.24) is 15.5 Å². The molecule has 8 nitrogen and oxygen atoms in total. The summed E-state index contributed by atoms with van der Waals surface area (Å²) in [4.78, 5) is 28.9. The fourth-order valence-corrected chi connectivity index (χ4v) is 3.57. The molecule has 1 heterocycles. The number of rotatable bonds is 11. The number of nitrogens with one attached hydrogen (secondary N) is 2. The summed E-state index contributed by atoms with van der Waals surface area (Å²) < 4.78 is 10.8. The Balaban J connectivity index is 1.94. The van der Waals surface area contributed by atoms with Gasteiger partial charge in [-0.15, -0.1) is 0 Å². The minimum atomic E-state index is -0.678. The van der Waals surface area contributed by atoms with Crippen molar-refractivity contribution >= 4 is 17.5 Å². The third-order valence-corrected chi connectivity index (χ3v) is 5.17. The van der Waals surface area contributed by atoms with E-state index < -0.39 is 18.1 Å². The molecule has 1 aromatic rings. The van der Waals surface area contributed by atoms with Crippen molar-refractivity contribution in [2.75, 3.05) is 58.4 Å². The molecule has 8 heteroatoms. The number of hydrogen-bond donors (Lipinski definition) is 2. The molecule has 168 valence electrons. The molecule has 1 unspecified atom stereocenters. The summed E-state index contributed by atoms with van der Waals surface area (Å²) in [6.07, 6.45) is 1.75. The van der Waals surface area contributed by atoms with Crippen LogP contribution in [-0.4, -0.2) is 76.5 Å². The standard InChI is InChI=1S/C22H36N4O4/c1-5-29-20(30-6-2)16-24-22(28)21(27)23-15-19(26-13-7-8-14-26)17-9-11-18(12-10-17)25(3)4/h9-12,19-20H,5-8,13-16H2,1-4H3,(H,23,27)(H,24,28). The molecule has 1 aliphatic rings. The zero-order chi connectivity index (χ0) is 21.9. The molecule has 2 N–H and O–H groups in total. The van der Waals surface area contributed by atoms with Gasteiger partial charge in [0, 0.05) is 39.5 Å². The van der Waals surface area contributed by atoms with E-state index in [9.17, 15) is 9.59 Å². The number of benzene rings is 1. The summed E-state index contributed by atoms with van der Waals surface area (Å²) in [5.41, 5.74) is 2.26. The van der Waals surface area contributed by atoms with Gasteiger partial charge in [-0.1, -0.05) is 12.1 Å². The molecule has 1 saturated heterocycles. The van der Waals surface area contributed by atoms with Gasteiger partial charge >= 0.3 is 11.8 Å². The Hall–Kier alpha value is -2.16. The average Bonchev–Trinajstić information content (AvgIpc) is 3.27. The van der Waals surface area contributed by atoms with Gasteiger partial charge in [0.25, 0.3) is 0 Å². The van der Waals surface area contributed by atoms with Crippen LogP contribution in [0.25, 0.3) is 0 Å². The first kappa shape index (κ1) is 24.1. The van der Waals surface area contributed by atoms with Gasteiger partial charge in [-0.05, 0) is 57.5 Å². The molecule has 0 aromatic heterocycles. The van der Waals surface area contributed by atoms with Crippen LogP contribution in [0.1, 0.15) is 38.3 Å². The van der Waals surface area contributed by atoms with E-state index in [4.69, 9.17) is 9.47 Å². The fraction of sp³-hybridized carbons (Fsp3) is 0.636. The van der Waals surface area contributed by atoms with Gasteiger partial charge in [-0.25, -0.2) is 0 Å². The van der Waals surface area contributed by atoms with Gasteiger partial charge in [0.05, 0.1) is 12.6 Å². The molecule has 30 heavy (non-hydrogen) atoms. The SMILES string of the molecule is CCOC(CNC(=O)C(=O)NCC(c1ccc(N(C)C)cc1)N1CCCC1)OCC. The van der Waals surface area contributed by atoms with Crippen molar-refractivity contribution < 1.29 is 19.1 Å². The lowest BCUT2D eigenvalue weighted by Gasteiger charge is -2.28. The van der Waals surface area contributed by atoms with Crippen molar-refractivity contribution in [3.8, 4) is 0 Å². The maximum atomic E-state index is 12.3. The highest BCUT2D eigenvalue weighted by Crippen LogP contribution is 2.26. The van der Waals surface area contributed by atoms with E-state index in [1.807, 2.05) is 27.9 Å². The van der Waals surface area contributed by atoms with Gasteiger partial charge in [0.15, 0.2) is 6.29 Å². The van der Waals surface area contributed by atoms with Gasteiger partial charge in [-0.2, -0.15) is 0 Å². The summed E-state index contributed by atoms with van der Waals surface area (Å²) in [6.45, 7) is 7.14. The van der Waals surface area contributed by atoms with E-state index in [1.165, 1.54) is 0 Å². The number of anilines is 1. The fourth-order valence-electron chi connectivity index (χ4n) is 3.57. The Morgan fingerprint density at radius 2 is 1.50 bits per heavy atom. The third-order valence-electron chi connectivity index (χ3n) is 5.17. The second kappa shape index (κ2) is 12.5. The number of carbonyl (C=O) groups excluding carboxylic acids is 2. The highest BCUT2D eigenvalue weighted by molar-refractivity contribution is 6.35. The van der Waals surface area contributed by atoms with Crippen LogP contribution in [0.2, 0.25) is 0 Å². The monoisotopic (exact) mass is 420 g/mol. The second-order valence-corrected chi connectivity index (χ2v) is 7.51. The number of likely N-dealkylation sites (tertiary alicyclic amines) is 1. The maximum absolute atomic E-state index is 12.3. The van der Waals surface area contributed by atoms with E-state index in [0.29, 0.717) is 19.8 Å². The first-order valence-corrected chi connectivity index (χ1v) is 10.8. The van der Waals surface area contributed by atoms with E-state index >= 15 is 0 Å². The molecule has 0 bridgehead atoms. The maximum Gasteiger partial charge on any atom is 0.309 e. The number of ether oxygens (including phenoxy) is 2. The van der Waals surface area contributed by atoms with Crippen molar-refractivity contribution in [1.29, 1.82) is 0 Å². The Labute approximate surface area is 179 Å². The highest BCUT2D eigenvalue weighted by atomic mass is 16.7. The van der Waals surface area contributed by atoms with Gasteiger partial charge < -0.3 is 25.0 Å². The van der Waals surface area contributed by atoms with E-state index in [-0.39, 0.29) is 12.6 Å². The molecule has 0 aliphatic carbocycles. The normalized spacial score (nSPS) is 15.2. The van der Waals surface area contributed by atoms with Crippen LogP contribution in [0.5, 0.6) is 0 Å². The number of hydrogen-bond acceptors (Lipinski definition) is 6. The van der Waals surface area contributed by atoms with Crippen molar-refractivity contribution in [3.63, 3.8) is 0 Å². The number of carbonyl (C=O) groups is 2. The van der Waals surface area contributed by atoms with Crippen LogP contribution in [0.4, 0.5) is 5.69 Å². The second-order valence-electron chi connectivity index (χ2n) is 7.51. The number of nitrogens with zero attached hydrogens (tertiary/aromatic N) is 2. The molecule has 1 aliphatic heterocycles. The lowest BCUT2D eigenvalue weighted by Crippen LogP contribution is -2.46. The van der Waals surface area contributed by atoms with Gasteiger partial charge in [0.2, 0.25) is 0 Å². The van der Waals surface area contributed by atoms with Gasteiger partial charge in [-0.3, -0.25) is 14.5 Å². The first-order valence-electron chi connectivity index (χ1n) is 10.8. The van der Waals surface area contributed by atoms with E-state index in [2.05, 4.69) is 44.7 Å². The molecule has 2 amide bonds. The molecule has 0 radical (unpaired) electrons. The zero-order valence-corrected chi connectivity index (χ0v) is 18.6. The predicted octanol–water partition coefficient (Wildman–Crippen LogP) is 1.52. The Bertz CT molecular complexity index is 654. The third kappa shape index (κ3) is 7.27. The minimum Gasteiger partial charge on any atom is -0.378 e. The van der Waals surface area contributed by atoms with Crippen LogP contribution in [-0.2, 0) is 19.1 Å². The van der Waals surface area contributed by atoms with Crippen LogP contribution in [0.15, 0.2) is 24.3 Å². The Morgan fingerprint density at radius 3 is 2.00 bits per heavy atom. The molecular formula is C22H36N4O4. The Morgan fingerprint density at radius 1 is 0.967 bits per heavy atom. The topological polar surface area (TPSA) is 83.1 Å². The quantitative estimate of drug-likeness (QED) is 0.417. The predicted molar refractivity (Wildman–Crippen MR) is 117 cm³/mol. The van der Waals surface area contributed by atoms with Gasteiger partial charge in [0.1, 0.15) is 0 Å². The van der Waals surface area contributed by atoms with Crippen LogP contribution in [0.3, 0.4) is 0 Å². The summed E-state index contributed by atoms with van der Waals surface area (Å²) in [7, 11) is 4.01. The summed E-state index contributed by atoms with van der Waals surface area (Å²) in [5.74, 6) is -1.32. The van der Waals surface area contributed by atoms with Crippen molar-refractivity contribution in [2.45, 2.75) is 39.0 Å². The summed E-state index contributed by atoms with van der Waals surface area (Å²) >= 11 is 0. The molecule has 1 fully saturated rings. The zero-order valence-electron chi connectivity index (χ0n) is 18.6. The molecule has 2 rings (SSSR count). The summed E-state index contributed by atoms with van der Waals surface area (Å²) in [6, 6.07) is 8.39. The summed E-state index contributed by atoms with van der Waals surface area (Å²) in [5, 5.41) is 5.38. The smallest absolute Gasteiger partial charge is 0.309 e. The largest absolute Gasteiger partial charge is 0.378 e. The molecule has 0 spiro atoms. The number of amides is 2. The average molecular weight is 421 g/mol. The molecule has 1 atom stereocenters. The highest BCUT2D eigenvalue weighted by Gasteiger charge is 2.25. The molecular weight excluding hydrogens is 384 g/mol. The van der Waals surface area contributed by atoms with E-state index in [0.717, 1.165) is 37.2 Å². The van der Waals surface area contributed by atoms with Crippen LogP contribution < -0.4 is 15.5 Å². The minimum absolute atomic E-state index is 0.0417. The van der Waals surface area contributed by atoms with Crippen LogP contribution in [0, 0.1) is 0 Å². The lowest BCUT2D eigenvalue weighted by molar-refractivity contribution is -0.146. The Kier molecular flexibility index (Phi) is 10.1. The van der Waals surface area contributed by atoms with Crippen LogP contribution >= 0.6 is 0 Å². The molecule has 1 aromatic carbocycles. The van der Waals surface area contributed by atoms with Crippen molar-refractivity contribution in [2.24, 2.45) is 0 Å². The van der Waals surface area contributed by atoms with E-state index in [1.54, 1.807) is 0 Å². The van der Waals surface area contributed by atoms with Crippen molar-refractivity contribution in [3.05, 3.63) is 29.8 Å². The molecule has 0 saturated carbocycles.